The van der Waals surface area contributed by atoms with Crippen LogP contribution < -0.4 is 0 Å². The van der Waals surface area contributed by atoms with E-state index in [0.717, 1.165) is 31.5 Å². The van der Waals surface area contributed by atoms with E-state index in [-0.39, 0.29) is 36.0 Å². The van der Waals surface area contributed by atoms with E-state index >= 15 is 0 Å². The quantitative estimate of drug-likeness (QED) is 0.807. The molecule has 1 atom stereocenters. The molecule has 2 amide bonds. The van der Waals surface area contributed by atoms with Crippen LogP contribution in [-0.4, -0.2) is 65.8 Å². The van der Waals surface area contributed by atoms with Crippen molar-refractivity contribution in [3.63, 3.8) is 0 Å². The first-order valence-electron chi connectivity index (χ1n) is 9.49. The highest BCUT2D eigenvalue weighted by Gasteiger charge is 2.38. The lowest BCUT2D eigenvalue weighted by Gasteiger charge is -2.38. The Kier molecular flexibility index (Phi) is 5.91. The summed E-state index contributed by atoms with van der Waals surface area (Å²) < 4.78 is 13.4. The van der Waals surface area contributed by atoms with Crippen molar-refractivity contribution in [3.05, 3.63) is 35.6 Å². The lowest BCUT2D eigenvalue weighted by atomic mass is 10.00. The first kappa shape index (κ1) is 18.8. The van der Waals surface area contributed by atoms with Gasteiger partial charge in [0.05, 0.1) is 5.92 Å². The van der Waals surface area contributed by atoms with E-state index in [1.54, 1.807) is 11.0 Å². The van der Waals surface area contributed by atoms with Crippen molar-refractivity contribution in [3.8, 4) is 0 Å². The van der Waals surface area contributed by atoms with Crippen LogP contribution >= 0.6 is 0 Å². The van der Waals surface area contributed by atoms with Crippen molar-refractivity contribution in [2.24, 2.45) is 5.92 Å². The monoisotopic (exact) mass is 361 g/mol. The molecule has 1 aromatic rings. The number of rotatable bonds is 5. The average Bonchev–Trinajstić information content (AvgIpc) is 2.98. The van der Waals surface area contributed by atoms with Gasteiger partial charge >= 0.3 is 0 Å². The molecule has 0 N–H and O–H groups in total. The highest BCUT2D eigenvalue weighted by atomic mass is 19.1. The summed E-state index contributed by atoms with van der Waals surface area (Å²) in [6.07, 6.45) is 2.24. The summed E-state index contributed by atoms with van der Waals surface area (Å²) in [5.41, 5.74) is 0.758. The number of benzene rings is 1. The predicted molar refractivity (Wildman–Crippen MR) is 97.8 cm³/mol. The third-order valence-corrected chi connectivity index (χ3v) is 5.58. The zero-order chi connectivity index (χ0) is 18.7. The molecular formula is C20H28FN3O2. The molecule has 0 bridgehead atoms. The highest BCUT2D eigenvalue weighted by molar-refractivity contribution is 5.89. The van der Waals surface area contributed by atoms with Crippen molar-refractivity contribution in [1.29, 1.82) is 0 Å². The molecule has 2 aliphatic rings. The Morgan fingerprint density at radius 3 is 2.69 bits per heavy atom. The van der Waals surface area contributed by atoms with Gasteiger partial charge in [-0.15, -0.1) is 0 Å². The minimum absolute atomic E-state index is 0.0213. The summed E-state index contributed by atoms with van der Waals surface area (Å²) in [5, 5.41) is 0. The third-order valence-electron chi connectivity index (χ3n) is 5.58. The van der Waals surface area contributed by atoms with Gasteiger partial charge in [0, 0.05) is 32.1 Å². The molecule has 2 fully saturated rings. The number of hydrogen-bond acceptors (Lipinski definition) is 3. The number of carbonyl (C=O) groups excluding carboxylic acids is 2. The molecule has 0 unspecified atom stereocenters. The zero-order valence-corrected chi connectivity index (χ0v) is 15.7. The number of piperidine rings is 1. The molecule has 0 radical (unpaired) electrons. The van der Waals surface area contributed by atoms with E-state index in [0.29, 0.717) is 19.6 Å². The Labute approximate surface area is 154 Å². The lowest BCUT2D eigenvalue weighted by Crippen LogP contribution is -2.48. The maximum Gasteiger partial charge on any atom is 0.228 e. The normalized spacial score (nSPS) is 22.0. The van der Waals surface area contributed by atoms with Gasteiger partial charge in [-0.05, 0) is 57.6 Å². The molecule has 142 valence electrons. The molecule has 1 aromatic carbocycles. The van der Waals surface area contributed by atoms with Crippen LogP contribution in [0.1, 0.15) is 31.7 Å². The van der Waals surface area contributed by atoms with E-state index in [1.807, 2.05) is 17.9 Å². The van der Waals surface area contributed by atoms with E-state index < -0.39 is 0 Å². The van der Waals surface area contributed by atoms with Crippen molar-refractivity contribution in [1.82, 2.24) is 14.7 Å². The lowest BCUT2D eigenvalue weighted by molar-refractivity contribution is -0.138. The SMILES string of the molecule is CCN(C(=O)[C@H]1CC(=O)N(Cc2cccc(F)c2)C1)C1CCN(C)CC1. The molecule has 0 aromatic heterocycles. The summed E-state index contributed by atoms with van der Waals surface area (Å²) in [6, 6.07) is 6.56. The molecule has 0 spiro atoms. The van der Waals surface area contributed by atoms with Gasteiger partial charge < -0.3 is 14.7 Å². The van der Waals surface area contributed by atoms with Crippen molar-refractivity contribution in [2.75, 3.05) is 33.2 Å². The van der Waals surface area contributed by atoms with Crippen molar-refractivity contribution >= 4 is 11.8 Å². The van der Waals surface area contributed by atoms with E-state index in [1.165, 1.54) is 12.1 Å². The van der Waals surface area contributed by atoms with Crippen LogP contribution in [0, 0.1) is 11.7 Å². The first-order chi connectivity index (χ1) is 12.5. The van der Waals surface area contributed by atoms with Gasteiger partial charge in [0.1, 0.15) is 5.82 Å². The minimum atomic E-state index is -0.304. The fourth-order valence-corrected chi connectivity index (χ4v) is 4.08. The van der Waals surface area contributed by atoms with E-state index in [2.05, 4.69) is 11.9 Å². The standard InChI is InChI=1S/C20H28FN3O2/c1-3-24(18-7-9-22(2)10-8-18)20(26)16-12-19(25)23(14-16)13-15-5-4-6-17(21)11-15/h4-6,11,16,18H,3,7-10,12-14H2,1-2H3/t16-/m0/s1. The van der Waals surface area contributed by atoms with Crippen LogP contribution in [0.3, 0.4) is 0 Å². The Morgan fingerprint density at radius 1 is 1.31 bits per heavy atom. The maximum absolute atomic E-state index is 13.4. The summed E-state index contributed by atoms with van der Waals surface area (Å²) in [7, 11) is 2.11. The van der Waals surface area contributed by atoms with Crippen LogP contribution in [0.15, 0.2) is 24.3 Å². The van der Waals surface area contributed by atoms with Gasteiger partial charge in [-0.2, -0.15) is 0 Å². The van der Waals surface area contributed by atoms with Crippen LogP contribution in [-0.2, 0) is 16.1 Å². The number of amides is 2. The van der Waals surface area contributed by atoms with Crippen LogP contribution in [0.5, 0.6) is 0 Å². The molecule has 6 heteroatoms. The summed E-state index contributed by atoms with van der Waals surface area (Å²) in [5.74, 6) is -0.513. The summed E-state index contributed by atoms with van der Waals surface area (Å²) >= 11 is 0. The second-order valence-electron chi connectivity index (χ2n) is 7.46. The Bertz CT molecular complexity index is 658. The van der Waals surface area contributed by atoms with Gasteiger partial charge in [0.25, 0.3) is 0 Å². The van der Waals surface area contributed by atoms with Gasteiger partial charge in [-0.1, -0.05) is 12.1 Å². The number of halogens is 1. The summed E-state index contributed by atoms with van der Waals surface area (Å²) in [6.45, 7) is 5.49. The van der Waals surface area contributed by atoms with E-state index in [9.17, 15) is 14.0 Å². The maximum atomic E-state index is 13.4. The van der Waals surface area contributed by atoms with Gasteiger partial charge in [0.15, 0.2) is 0 Å². The van der Waals surface area contributed by atoms with Crippen LogP contribution in [0.4, 0.5) is 4.39 Å². The second-order valence-corrected chi connectivity index (χ2v) is 7.46. The second kappa shape index (κ2) is 8.16. The fraction of sp³-hybridized carbons (Fsp3) is 0.600. The Balaban J connectivity index is 1.62. The van der Waals surface area contributed by atoms with Gasteiger partial charge in [-0.25, -0.2) is 4.39 Å². The average molecular weight is 361 g/mol. The number of carbonyl (C=O) groups is 2. The highest BCUT2D eigenvalue weighted by Crippen LogP contribution is 2.25. The Morgan fingerprint density at radius 2 is 2.04 bits per heavy atom. The molecular weight excluding hydrogens is 333 g/mol. The molecule has 26 heavy (non-hydrogen) atoms. The zero-order valence-electron chi connectivity index (χ0n) is 15.7. The molecule has 2 heterocycles. The van der Waals surface area contributed by atoms with Crippen molar-refractivity contribution < 1.29 is 14.0 Å². The topological polar surface area (TPSA) is 43.9 Å². The number of hydrogen-bond donors (Lipinski definition) is 0. The molecule has 5 nitrogen and oxygen atoms in total. The number of nitrogens with zero attached hydrogens (tertiary/aromatic N) is 3. The molecule has 2 saturated heterocycles. The van der Waals surface area contributed by atoms with Gasteiger partial charge in [0.2, 0.25) is 11.8 Å². The minimum Gasteiger partial charge on any atom is -0.340 e. The largest absolute Gasteiger partial charge is 0.340 e. The smallest absolute Gasteiger partial charge is 0.228 e. The first-order valence-corrected chi connectivity index (χ1v) is 9.49. The Hall–Kier alpha value is -1.95. The van der Waals surface area contributed by atoms with Gasteiger partial charge in [-0.3, -0.25) is 9.59 Å². The predicted octanol–water partition coefficient (Wildman–Crippen LogP) is 2.12. The number of likely N-dealkylation sites (tertiary alicyclic amines) is 2. The van der Waals surface area contributed by atoms with E-state index in [4.69, 9.17) is 0 Å². The van der Waals surface area contributed by atoms with Crippen molar-refractivity contribution in [2.45, 2.75) is 38.8 Å². The van der Waals surface area contributed by atoms with Crippen LogP contribution in [0.2, 0.25) is 0 Å². The fourth-order valence-electron chi connectivity index (χ4n) is 4.08. The van der Waals surface area contributed by atoms with Crippen LogP contribution in [0.25, 0.3) is 0 Å². The molecule has 0 aliphatic carbocycles. The summed E-state index contributed by atoms with van der Waals surface area (Å²) in [4.78, 5) is 31.3. The molecule has 3 rings (SSSR count). The third kappa shape index (κ3) is 4.23. The molecule has 2 aliphatic heterocycles. The molecule has 0 saturated carbocycles.